The Labute approximate surface area is 178 Å². The van der Waals surface area contributed by atoms with Crippen molar-refractivity contribution in [3.8, 4) is 11.5 Å². The largest absolute Gasteiger partial charge is 0.497 e. The van der Waals surface area contributed by atoms with Crippen LogP contribution in [-0.4, -0.2) is 85.9 Å². The van der Waals surface area contributed by atoms with Crippen molar-refractivity contribution in [1.29, 1.82) is 0 Å². The van der Waals surface area contributed by atoms with E-state index >= 15 is 0 Å². The van der Waals surface area contributed by atoms with Crippen LogP contribution < -0.4 is 9.47 Å². The fraction of sp³-hybridized carbons (Fsp3) is 0.591. The molecule has 30 heavy (non-hydrogen) atoms. The summed E-state index contributed by atoms with van der Waals surface area (Å²) >= 11 is 0. The van der Waals surface area contributed by atoms with Gasteiger partial charge < -0.3 is 24.2 Å². The molecule has 1 aromatic rings. The van der Waals surface area contributed by atoms with Gasteiger partial charge in [0.25, 0.3) is 5.91 Å². The van der Waals surface area contributed by atoms with E-state index in [1.54, 1.807) is 40.0 Å². The molecule has 0 saturated carbocycles. The number of piperazine rings is 1. The standard InChI is InChI=1S/C22H33N3O5/c1-5-23(6-2)20(26)8-7-9-21(27)24-12-14-25(15-13-24)22(28)18-11-10-17(29-3)16-19(18)30-4/h10-11,16H,5-9,12-15H2,1-4H3. The Balaban J connectivity index is 1.83. The van der Waals surface area contributed by atoms with Gasteiger partial charge in [-0.3, -0.25) is 14.4 Å². The van der Waals surface area contributed by atoms with E-state index in [4.69, 9.17) is 9.47 Å². The lowest BCUT2D eigenvalue weighted by Gasteiger charge is -2.35. The molecule has 1 heterocycles. The number of rotatable bonds is 9. The summed E-state index contributed by atoms with van der Waals surface area (Å²) in [5.41, 5.74) is 0.480. The number of ether oxygens (including phenoxy) is 2. The average molecular weight is 420 g/mol. The minimum atomic E-state index is -0.119. The highest BCUT2D eigenvalue weighted by Crippen LogP contribution is 2.26. The molecule has 0 radical (unpaired) electrons. The molecule has 0 unspecified atom stereocenters. The maximum absolute atomic E-state index is 12.9. The van der Waals surface area contributed by atoms with Crippen LogP contribution in [0.4, 0.5) is 0 Å². The lowest BCUT2D eigenvalue weighted by Crippen LogP contribution is -2.50. The third-order valence-corrected chi connectivity index (χ3v) is 5.46. The zero-order chi connectivity index (χ0) is 22.1. The van der Waals surface area contributed by atoms with Gasteiger partial charge in [-0.1, -0.05) is 0 Å². The fourth-order valence-electron chi connectivity index (χ4n) is 3.59. The van der Waals surface area contributed by atoms with Crippen molar-refractivity contribution >= 4 is 17.7 Å². The number of carbonyl (C=O) groups excluding carboxylic acids is 3. The van der Waals surface area contributed by atoms with Crippen molar-refractivity contribution in [1.82, 2.24) is 14.7 Å². The Morgan fingerprint density at radius 2 is 1.57 bits per heavy atom. The van der Waals surface area contributed by atoms with Crippen LogP contribution in [0.1, 0.15) is 43.5 Å². The molecule has 8 heteroatoms. The number of benzene rings is 1. The summed E-state index contributed by atoms with van der Waals surface area (Å²) < 4.78 is 10.5. The molecule has 0 atom stereocenters. The molecule has 1 aliphatic heterocycles. The predicted octanol–water partition coefficient (Wildman–Crippen LogP) is 2.03. The van der Waals surface area contributed by atoms with Gasteiger partial charge in [0.1, 0.15) is 11.5 Å². The number of hydrogen-bond acceptors (Lipinski definition) is 5. The summed E-state index contributed by atoms with van der Waals surface area (Å²) in [7, 11) is 3.08. The molecular formula is C22H33N3O5. The van der Waals surface area contributed by atoms with Crippen LogP contribution in [0.15, 0.2) is 18.2 Å². The predicted molar refractivity (Wildman–Crippen MR) is 114 cm³/mol. The van der Waals surface area contributed by atoms with E-state index in [1.165, 1.54) is 7.11 Å². The molecule has 1 aliphatic rings. The number of methoxy groups -OCH3 is 2. The molecule has 1 aromatic carbocycles. The van der Waals surface area contributed by atoms with Gasteiger partial charge in [0, 0.05) is 58.2 Å². The zero-order valence-electron chi connectivity index (χ0n) is 18.5. The number of carbonyl (C=O) groups is 3. The van der Waals surface area contributed by atoms with Crippen LogP contribution in [0.5, 0.6) is 11.5 Å². The van der Waals surface area contributed by atoms with Gasteiger partial charge >= 0.3 is 0 Å². The van der Waals surface area contributed by atoms with Crippen molar-refractivity contribution in [2.45, 2.75) is 33.1 Å². The second-order valence-electron chi connectivity index (χ2n) is 7.16. The highest BCUT2D eigenvalue weighted by molar-refractivity contribution is 5.97. The minimum Gasteiger partial charge on any atom is -0.497 e. The Morgan fingerprint density at radius 3 is 2.13 bits per heavy atom. The van der Waals surface area contributed by atoms with E-state index in [1.807, 2.05) is 13.8 Å². The van der Waals surface area contributed by atoms with Gasteiger partial charge in [-0.25, -0.2) is 0 Å². The van der Waals surface area contributed by atoms with Crippen molar-refractivity contribution < 1.29 is 23.9 Å². The van der Waals surface area contributed by atoms with Gasteiger partial charge in [0.15, 0.2) is 0 Å². The van der Waals surface area contributed by atoms with Gasteiger partial charge in [0.2, 0.25) is 11.8 Å². The first kappa shape index (κ1) is 23.5. The van der Waals surface area contributed by atoms with E-state index in [9.17, 15) is 14.4 Å². The minimum absolute atomic E-state index is 0.0384. The van der Waals surface area contributed by atoms with Crippen molar-refractivity contribution in [2.24, 2.45) is 0 Å². The van der Waals surface area contributed by atoms with Crippen LogP contribution in [0, 0.1) is 0 Å². The quantitative estimate of drug-likeness (QED) is 0.612. The summed E-state index contributed by atoms with van der Waals surface area (Å²) in [6.07, 6.45) is 1.30. The van der Waals surface area contributed by atoms with Crippen LogP contribution in [0.25, 0.3) is 0 Å². The Morgan fingerprint density at radius 1 is 0.933 bits per heavy atom. The first-order valence-electron chi connectivity index (χ1n) is 10.5. The third kappa shape index (κ3) is 5.87. The molecule has 166 valence electrons. The number of nitrogens with zero attached hydrogens (tertiary/aromatic N) is 3. The molecular weight excluding hydrogens is 386 g/mol. The van der Waals surface area contributed by atoms with Gasteiger partial charge in [-0.2, -0.15) is 0 Å². The lowest BCUT2D eigenvalue weighted by molar-refractivity contribution is -0.133. The first-order chi connectivity index (χ1) is 14.4. The van der Waals surface area contributed by atoms with E-state index in [0.29, 0.717) is 75.6 Å². The van der Waals surface area contributed by atoms with E-state index < -0.39 is 0 Å². The third-order valence-electron chi connectivity index (χ3n) is 5.46. The van der Waals surface area contributed by atoms with Gasteiger partial charge in [-0.15, -0.1) is 0 Å². The molecule has 0 aromatic heterocycles. The summed E-state index contributed by atoms with van der Waals surface area (Å²) in [6.45, 7) is 7.22. The van der Waals surface area contributed by atoms with E-state index in [-0.39, 0.29) is 17.7 Å². The fourth-order valence-corrected chi connectivity index (χ4v) is 3.59. The summed E-state index contributed by atoms with van der Waals surface area (Å²) in [5, 5.41) is 0. The SMILES string of the molecule is CCN(CC)C(=O)CCCC(=O)N1CCN(C(=O)c2ccc(OC)cc2OC)CC1. The zero-order valence-corrected chi connectivity index (χ0v) is 18.5. The highest BCUT2D eigenvalue weighted by Gasteiger charge is 2.26. The van der Waals surface area contributed by atoms with Crippen LogP contribution in [0.3, 0.4) is 0 Å². The number of hydrogen-bond donors (Lipinski definition) is 0. The summed E-state index contributed by atoms with van der Waals surface area (Å²) in [5.74, 6) is 1.11. The molecule has 0 bridgehead atoms. The summed E-state index contributed by atoms with van der Waals surface area (Å²) in [6, 6.07) is 5.12. The second kappa shape index (κ2) is 11.4. The first-order valence-corrected chi connectivity index (χ1v) is 10.5. The van der Waals surface area contributed by atoms with E-state index in [0.717, 1.165) is 0 Å². The van der Waals surface area contributed by atoms with E-state index in [2.05, 4.69) is 0 Å². The highest BCUT2D eigenvalue weighted by atomic mass is 16.5. The smallest absolute Gasteiger partial charge is 0.257 e. The molecule has 0 spiro atoms. The van der Waals surface area contributed by atoms with Crippen LogP contribution >= 0.6 is 0 Å². The number of amides is 3. The topological polar surface area (TPSA) is 79.4 Å². The maximum Gasteiger partial charge on any atom is 0.257 e. The lowest BCUT2D eigenvalue weighted by atomic mass is 10.1. The van der Waals surface area contributed by atoms with Gasteiger partial charge in [0.05, 0.1) is 19.8 Å². The van der Waals surface area contributed by atoms with Crippen LogP contribution in [-0.2, 0) is 9.59 Å². The average Bonchev–Trinajstić information content (AvgIpc) is 2.78. The molecule has 1 saturated heterocycles. The van der Waals surface area contributed by atoms with Crippen LogP contribution in [0.2, 0.25) is 0 Å². The molecule has 0 aliphatic carbocycles. The Kier molecular flexibility index (Phi) is 8.95. The second-order valence-corrected chi connectivity index (χ2v) is 7.16. The molecule has 3 amide bonds. The Hall–Kier alpha value is -2.77. The molecule has 2 rings (SSSR count). The maximum atomic E-state index is 12.9. The van der Waals surface area contributed by atoms with Crippen molar-refractivity contribution in [3.63, 3.8) is 0 Å². The van der Waals surface area contributed by atoms with Gasteiger partial charge in [-0.05, 0) is 32.4 Å². The molecule has 8 nitrogen and oxygen atoms in total. The molecule has 1 fully saturated rings. The van der Waals surface area contributed by atoms with Crippen molar-refractivity contribution in [2.75, 3.05) is 53.5 Å². The van der Waals surface area contributed by atoms with Crippen molar-refractivity contribution in [3.05, 3.63) is 23.8 Å². The monoisotopic (exact) mass is 419 g/mol. The Bertz CT molecular complexity index is 740. The molecule has 0 N–H and O–H groups in total. The normalized spacial score (nSPS) is 13.7. The summed E-state index contributed by atoms with van der Waals surface area (Å²) in [4.78, 5) is 42.7.